The van der Waals surface area contributed by atoms with Crippen LogP contribution in [-0.2, 0) is 9.47 Å². The van der Waals surface area contributed by atoms with Gasteiger partial charge in [-0.15, -0.1) is 0 Å². The van der Waals surface area contributed by atoms with Crippen molar-refractivity contribution in [2.24, 2.45) is 0 Å². The van der Waals surface area contributed by atoms with Gasteiger partial charge in [0, 0.05) is 6.54 Å². The van der Waals surface area contributed by atoms with Gasteiger partial charge in [-0.2, -0.15) is 0 Å². The van der Waals surface area contributed by atoms with Crippen LogP contribution < -0.4 is 0 Å². The standard InChI is InChI=1S/C9H19NO4/c1-10(2)4-3-8-5-13-9(6-11,7-12)14-8/h8,11-12H,3-7H2,1-2H3. The smallest absolute Gasteiger partial charge is 0.215 e. The monoisotopic (exact) mass is 205 g/mol. The summed E-state index contributed by atoms with van der Waals surface area (Å²) < 4.78 is 10.7. The molecule has 0 aromatic rings. The molecule has 84 valence electrons. The van der Waals surface area contributed by atoms with E-state index < -0.39 is 5.79 Å². The van der Waals surface area contributed by atoms with Gasteiger partial charge in [-0.25, -0.2) is 0 Å². The Morgan fingerprint density at radius 3 is 2.43 bits per heavy atom. The lowest BCUT2D eigenvalue weighted by Crippen LogP contribution is -2.39. The van der Waals surface area contributed by atoms with E-state index in [-0.39, 0.29) is 19.3 Å². The van der Waals surface area contributed by atoms with Crippen LogP contribution in [0.4, 0.5) is 0 Å². The molecule has 5 nitrogen and oxygen atoms in total. The molecule has 5 heteroatoms. The molecule has 0 radical (unpaired) electrons. The molecule has 0 aromatic carbocycles. The fraction of sp³-hybridized carbons (Fsp3) is 1.00. The minimum Gasteiger partial charge on any atom is -0.391 e. The molecule has 2 N–H and O–H groups in total. The maximum Gasteiger partial charge on any atom is 0.215 e. The minimum atomic E-state index is -1.17. The third kappa shape index (κ3) is 2.90. The van der Waals surface area contributed by atoms with Crippen LogP contribution in [0, 0.1) is 0 Å². The molecule has 0 bridgehead atoms. The van der Waals surface area contributed by atoms with Crippen molar-refractivity contribution in [2.75, 3.05) is 40.5 Å². The summed E-state index contributed by atoms with van der Waals surface area (Å²) >= 11 is 0. The topological polar surface area (TPSA) is 62.2 Å². The van der Waals surface area contributed by atoms with E-state index >= 15 is 0 Å². The van der Waals surface area contributed by atoms with E-state index in [2.05, 4.69) is 4.90 Å². The molecule has 1 rings (SSSR count). The molecule has 0 saturated carbocycles. The lowest BCUT2D eigenvalue weighted by molar-refractivity contribution is -0.213. The van der Waals surface area contributed by atoms with Gasteiger partial charge in [-0.1, -0.05) is 0 Å². The quantitative estimate of drug-likeness (QED) is 0.605. The molecule has 1 saturated heterocycles. The molecule has 1 fully saturated rings. The summed E-state index contributed by atoms with van der Waals surface area (Å²) in [4.78, 5) is 2.06. The second-order valence-electron chi connectivity index (χ2n) is 3.87. The molecule has 0 spiro atoms. The van der Waals surface area contributed by atoms with Gasteiger partial charge in [-0.05, 0) is 20.5 Å². The molecule has 1 atom stereocenters. The Morgan fingerprint density at radius 2 is 2.00 bits per heavy atom. The van der Waals surface area contributed by atoms with Gasteiger partial charge in [-0.3, -0.25) is 0 Å². The van der Waals surface area contributed by atoms with Gasteiger partial charge < -0.3 is 24.6 Å². The first-order chi connectivity index (χ1) is 6.62. The molecule has 14 heavy (non-hydrogen) atoms. The second kappa shape index (κ2) is 5.04. The Bertz CT molecular complexity index is 170. The first kappa shape index (κ1) is 11.9. The summed E-state index contributed by atoms with van der Waals surface area (Å²) in [7, 11) is 3.97. The third-order valence-corrected chi connectivity index (χ3v) is 2.29. The Kier molecular flexibility index (Phi) is 4.28. The largest absolute Gasteiger partial charge is 0.391 e. The SMILES string of the molecule is CN(C)CCC1COC(CO)(CO)O1. The first-order valence-corrected chi connectivity index (χ1v) is 4.80. The van der Waals surface area contributed by atoms with Gasteiger partial charge in [0.05, 0.1) is 25.9 Å². The Hall–Kier alpha value is -0.200. The maximum absolute atomic E-state index is 8.99. The fourth-order valence-electron chi connectivity index (χ4n) is 1.38. The van der Waals surface area contributed by atoms with E-state index in [0.717, 1.165) is 13.0 Å². The predicted molar refractivity (Wildman–Crippen MR) is 50.9 cm³/mol. The summed E-state index contributed by atoms with van der Waals surface area (Å²) in [6, 6.07) is 0. The van der Waals surface area contributed by atoms with Crippen molar-refractivity contribution in [1.29, 1.82) is 0 Å². The van der Waals surface area contributed by atoms with Gasteiger partial charge in [0.25, 0.3) is 0 Å². The number of nitrogens with zero attached hydrogens (tertiary/aromatic N) is 1. The highest BCUT2D eigenvalue weighted by Crippen LogP contribution is 2.24. The lowest BCUT2D eigenvalue weighted by Gasteiger charge is -2.23. The van der Waals surface area contributed by atoms with Crippen LogP contribution in [0.3, 0.4) is 0 Å². The lowest BCUT2D eigenvalue weighted by atomic mass is 10.2. The molecule has 1 aliphatic rings. The third-order valence-electron chi connectivity index (χ3n) is 2.29. The van der Waals surface area contributed by atoms with Gasteiger partial charge in [0.15, 0.2) is 0 Å². The molecular weight excluding hydrogens is 186 g/mol. The number of aliphatic hydroxyl groups is 2. The van der Waals surface area contributed by atoms with Crippen LogP contribution in [0.1, 0.15) is 6.42 Å². The molecule has 0 amide bonds. The van der Waals surface area contributed by atoms with E-state index in [1.54, 1.807) is 0 Å². The van der Waals surface area contributed by atoms with Crippen LogP contribution in [0.2, 0.25) is 0 Å². The van der Waals surface area contributed by atoms with Crippen LogP contribution in [0.15, 0.2) is 0 Å². The Balaban J connectivity index is 2.32. The number of rotatable bonds is 5. The summed E-state index contributed by atoms with van der Waals surface area (Å²) in [6.45, 7) is 0.736. The highest BCUT2D eigenvalue weighted by atomic mass is 16.8. The number of ether oxygens (including phenoxy) is 2. The van der Waals surface area contributed by atoms with Crippen LogP contribution in [0.25, 0.3) is 0 Å². The number of hydrogen-bond acceptors (Lipinski definition) is 5. The number of aliphatic hydroxyl groups excluding tert-OH is 2. The van der Waals surface area contributed by atoms with Crippen molar-refractivity contribution in [3.8, 4) is 0 Å². The minimum absolute atomic E-state index is 0.0308. The van der Waals surface area contributed by atoms with Crippen LogP contribution >= 0.6 is 0 Å². The summed E-state index contributed by atoms with van der Waals surface area (Å²) in [5, 5.41) is 18.0. The maximum atomic E-state index is 8.99. The van der Waals surface area contributed by atoms with Crippen molar-refractivity contribution >= 4 is 0 Å². The van der Waals surface area contributed by atoms with Gasteiger partial charge >= 0.3 is 0 Å². The molecule has 1 aliphatic heterocycles. The molecular formula is C9H19NO4. The summed E-state index contributed by atoms with van der Waals surface area (Å²) in [5.41, 5.74) is 0. The van der Waals surface area contributed by atoms with E-state index in [4.69, 9.17) is 19.7 Å². The van der Waals surface area contributed by atoms with Crippen molar-refractivity contribution < 1.29 is 19.7 Å². The zero-order valence-electron chi connectivity index (χ0n) is 8.77. The summed E-state index contributed by atoms with van der Waals surface area (Å²) in [6.07, 6.45) is 0.811. The second-order valence-corrected chi connectivity index (χ2v) is 3.87. The van der Waals surface area contributed by atoms with Crippen LogP contribution in [0.5, 0.6) is 0 Å². The van der Waals surface area contributed by atoms with E-state index in [0.29, 0.717) is 6.61 Å². The summed E-state index contributed by atoms with van der Waals surface area (Å²) in [5.74, 6) is -1.17. The molecule has 0 aliphatic carbocycles. The average Bonchev–Trinajstić information content (AvgIpc) is 2.59. The highest BCUT2D eigenvalue weighted by Gasteiger charge is 2.40. The predicted octanol–water partition coefficient (Wildman–Crippen LogP) is -0.966. The highest BCUT2D eigenvalue weighted by molar-refractivity contribution is 4.78. The van der Waals surface area contributed by atoms with E-state index in [1.807, 2.05) is 14.1 Å². The Labute approximate surface area is 84.2 Å². The fourth-order valence-corrected chi connectivity index (χ4v) is 1.38. The molecule has 1 unspecified atom stereocenters. The molecule has 0 aromatic heterocycles. The first-order valence-electron chi connectivity index (χ1n) is 4.80. The molecule has 1 heterocycles. The van der Waals surface area contributed by atoms with Crippen molar-refractivity contribution in [3.05, 3.63) is 0 Å². The van der Waals surface area contributed by atoms with E-state index in [1.165, 1.54) is 0 Å². The van der Waals surface area contributed by atoms with Crippen molar-refractivity contribution in [3.63, 3.8) is 0 Å². The zero-order chi connectivity index (χ0) is 10.6. The average molecular weight is 205 g/mol. The van der Waals surface area contributed by atoms with E-state index in [9.17, 15) is 0 Å². The van der Waals surface area contributed by atoms with Gasteiger partial charge in [0.2, 0.25) is 5.79 Å². The zero-order valence-corrected chi connectivity index (χ0v) is 8.77. The van der Waals surface area contributed by atoms with Crippen molar-refractivity contribution in [2.45, 2.75) is 18.3 Å². The van der Waals surface area contributed by atoms with Gasteiger partial charge in [0.1, 0.15) is 0 Å². The number of hydrogen-bond donors (Lipinski definition) is 2. The van der Waals surface area contributed by atoms with Crippen LogP contribution in [-0.4, -0.2) is 67.5 Å². The Morgan fingerprint density at radius 1 is 1.36 bits per heavy atom. The normalized spacial score (nSPS) is 25.9. The van der Waals surface area contributed by atoms with Crippen molar-refractivity contribution in [1.82, 2.24) is 4.90 Å².